The van der Waals surface area contributed by atoms with E-state index in [2.05, 4.69) is 13.5 Å². The van der Waals surface area contributed by atoms with Gasteiger partial charge in [-0.05, 0) is 12.5 Å². The Bertz CT molecular complexity index is 202. The molecule has 1 aliphatic rings. The van der Waals surface area contributed by atoms with Crippen LogP contribution in [0.25, 0.3) is 0 Å². The lowest BCUT2D eigenvalue weighted by Gasteiger charge is -2.19. The molecule has 0 aromatic rings. The van der Waals surface area contributed by atoms with E-state index in [9.17, 15) is 4.79 Å². The summed E-state index contributed by atoms with van der Waals surface area (Å²) in [6.45, 7) is 7.32. The molecule has 0 aromatic carbocycles. The summed E-state index contributed by atoms with van der Waals surface area (Å²) in [4.78, 5) is 16.6. The molecule has 0 saturated carbocycles. The molecule has 4 nitrogen and oxygen atoms in total. The Morgan fingerprint density at radius 2 is 2.50 bits per heavy atom. The molecule has 14 heavy (non-hydrogen) atoms. The molecule has 80 valence electrons. The normalized spacial score (nSPS) is 19.1. The van der Waals surface area contributed by atoms with Crippen LogP contribution in [0.5, 0.6) is 0 Å². The molecule has 1 unspecified atom stereocenters. The van der Waals surface area contributed by atoms with Gasteiger partial charge < -0.3 is 4.74 Å². The van der Waals surface area contributed by atoms with Crippen molar-refractivity contribution in [3.05, 3.63) is 12.7 Å². The minimum absolute atomic E-state index is 0.178. The molecule has 0 bridgehead atoms. The molecular formula is C10H17NO3. The first-order chi connectivity index (χ1) is 6.77. The van der Waals surface area contributed by atoms with Crippen LogP contribution in [-0.4, -0.2) is 36.8 Å². The minimum atomic E-state index is -0.181. The van der Waals surface area contributed by atoms with E-state index in [1.54, 1.807) is 0 Å². The molecule has 1 fully saturated rings. The number of epoxide rings is 1. The van der Waals surface area contributed by atoms with Gasteiger partial charge in [0.15, 0.2) is 0 Å². The number of hydroxylamine groups is 2. The Labute approximate surface area is 84.4 Å². The quantitative estimate of drug-likeness (QED) is 0.350. The van der Waals surface area contributed by atoms with Crippen LogP contribution >= 0.6 is 0 Å². The predicted octanol–water partition coefficient (Wildman–Crippen LogP) is 1.13. The maximum atomic E-state index is 11.3. The van der Waals surface area contributed by atoms with Crippen LogP contribution in [0.4, 0.5) is 0 Å². The maximum Gasteiger partial charge on any atom is 0.269 e. The Kier molecular flexibility index (Phi) is 4.62. The van der Waals surface area contributed by atoms with E-state index in [4.69, 9.17) is 9.57 Å². The van der Waals surface area contributed by atoms with Gasteiger partial charge in [-0.25, -0.2) is 5.06 Å². The van der Waals surface area contributed by atoms with Gasteiger partial charge in [0.1, 0.15) is 12.7 Å². The molecule has 1 atom stereocenters. The lowest BCUT2D eigenvalue weighted by atomic mass is 10.3. The van der Waals surface area contributed by atoms with Gasteiger partial charge in [0.25, 0.3) is 5.91 Å². The molecule has 4 heteroatoms. The van der Waals surface area contributed by atoms with Crippen molar-refractivity contribution in [1.82, 2.24) is 5.06 Å². The number of rotatable bonds is 7. The number of ether oxygens (including phenoxy) is 1. The Morgan fingerprint density at radius 1 is 1.79 bits per heavy atom. The summed E-state index contributed by atoms with van der Waals surface area (Å²) in [7, 11) is 0. The first-order valence-electron chi connectivity index (χ1n) is 4.96. The first kappa shape index (κ1) is 11.2. The number of unbranched alkanes of at least 4 members (excludes halogenated alkanes) is 1. The summed E-state index contributed by atoms with van der Waals surface area (Å²) in [6, 6.07) is 0. The third kappa shape index (κ3) is 3.89. The van der Waals surface area contributed by atoms with Crippen molar-refractivity contribution >= 4 is 5.91 Å². The van der Waals surface area contributed by atoms with Crippen molar-refractivity contribution in [2.75, 3.05) is 19.8 Å². The van der Waals surface area contributed by atoms with Gasteiger partial charge in [-0.2, -0.15) is 0 Å². The third-order valence-corrected chi connectivity index (χ3v) is 1.95. The fourth-order valence-corrected chi connectivity index (χ4v) is 0.979. The highest BCUT2D eigenvalue weighted by Gasteiger charge is 2.24. The van der Waals surface area contributed by atoms with Crippen molar-refractivity contribution in [3.8, 4) is 0 Å². The van der Waals surface area contributed by atoms with E-state index < -0.39 is 0 Å². The fraction of sp³-hybridized carbons (Fsp3) is 0.700. The summed E-state index contributed by atoms with van der Waals surface area (Å²) in [5.41, 5.74) is 0. The van der Waals surface area contributed by atoms with Crippen LogP contribution < -0.4 is 0 Å². The average Bonchev–Trinajstić information content (AvgIpc) is 3.01. The Morgan fingerprint density at radius 3 is 3.00 bits per heavy atom. The van der Waals surface area contributed by atoms with Crippen molar-refractivity contribution in [3.63, 3.8) is 0 Å². The summed E-state index contributed by atoms with van der Waals surface area (Å²) < 4.78 is 4.99. The molecule has 1 rings (SSSR count). The second kappa shape index (κ2) is 5.78. The standard InChI is InChI=1S/C10H17NO3/c1-3-5-6-11(10(12)4-2)14-8-9-7-13-9/h4,9H,2-3,5-8H2,1H3. The molecule has 0 aromatic heterocycles. The van der Waals surface area contributed by atoms with E-state index in [-0.39, 0.29) is 12.0 Å². The van der Waals surface area contributed by atoms with Crippen LogP contribution in [0, 0.1) is 0 Å². The maximum absolute atomic E-state index is 11.3. The van der Waals surface area contributed by atoms with E-state index in [0.717, 1.165) is 19.4 Å². The van der Waals surface area contributed by atoms with Crippen molar-refractivity contribution in [1.29, 1.82) is 0 Å². The van der Waals surface area contributed by atoms with Crippen LogP contribution in [-0.2, 0) is 14.4 Å². The zero-order chi connectivity index (χ0) is 10.4. The number of hydrogen-bond acceptors (Lipinski definition) is 3. The monoisotopic (exact) mass is 199 g/mol. The van der Waals surface area contributed by atoms with Crippen molar-refractivity contribution in [2.45, 2.75) is 25.9 Å². The second-order valence-electron chi connectivity index (χ2n) is 3.25. The van der Waals surface area contributed by atoms with E-state index in [1.807, 2.05) is 0 Å². The highest BCUT2D eigenvalue weighted by atomic mass is 16.7. The number of carbonyl (C=O) groups is 1. The zero-order valence-corrected chi connectivity index (χ0v) is 8.57. The second-order valence-corrected chi connectivity index (χ2v) is 3.25. The third-order valence-electron chi connectivity index (χ3n) is 1.95. The Balaban J connectivity index is 2.25. The Hall–Kier alpha value is -0.870. The lowest BCUT2D eigenvalue weighted by Crippen LogP contribution is -2.32. The fourth-order valence-electron chi connectivity index (χ4n) is 0.979. The van der Waals surface area contributed by atoms with Crippen molar-refractivity contribution < 1.29 is 14.4 Å². The van der Waals surface area contributed by atoms with Gasteiger partial charge >= 0.3 is 0 Å². The molecule has 0 radical (unpaired) electrons. The van der Waals surface area contributed by atoms with E-state index in [1.165, 1.54) is 11.1 Å². The molecule has 1 heterocycles. The largest absolute Gasteiger partial charge is 0.371 e. The zero-order valence-electron chi connectivity index (χ0n) is 8.57. The SMILES string of the molecule is C=CC(=O)N(CCCC)OCC1CO1. The smallest absolute Gasteiger partial charge is 0.269 e. The molecule has 0 spiro atoms. The summed E-state index contributed by atoms with van der Waals surface area (Å²) in [6.07, 6.45) is 3.41. The molecule has 1 saturated heterocycles. The van der Waals surface area contributed by atoms with Crippen molar-refractivity contribution in [2.24, 2.45) is 0 Å². The molecule has 1 amide bonds. The van der Waals surface area contributed by atoms with Crippen LogP contribution in [0.3, 0.4) is 0 Å². The highest BCUT2D eigenvalue weighted by Crippen LogP contribution is 2.10. The van der Waals surface area contributed by atoms with Gasteiger partial charge in [-0.15, -0.1) is 0 Å². The summed E-state index contributed by atoms with van der Waals surface area (Å²) in [5.74, 6) is -0.181. The van der Waals surface area contributed by atoms with Crippen LogP contribution in [0.15, 0.2) is 12.7 Å². The van der Waals surface area contributed by atoms with Crippen LogP contribution in [0.1, 0.15) is 19.8 Å². The average molecular weight is 199 g/mol. The summed E-state index contributed by atoms with van der Waals surface area (Å²) >= 11 is 0. The van der Waals surface area contributed by atoms with Gasteiger partial charge in [-0.1, -0.05) is 19.9 Å². The number of nitrogens with zero attached hydrogens (tertiary/aromatic N) is 1. The van der Waals surface area contributed by atoms with Gasteiger partial charge in [0.2, 0.25) is 0 Å². The van der Waals surface area contributed by atoms with E-state index in [0.29, 0.717) is 13.2 Å². The molecular weight excluding hydrogens is 182 g/mol. The molecule has 0 N–H and O–H groups in total. The highest BCUT2D eigenvalue weighted by molar-refractivity contribution is 5.86. The molecule has 0 aliphatic carbocycles. The lowest BCUT2D eigenvalue weighted by molar-refractivity contribution is -0.182. The van der Waals surface area contributed by atoms with Gasteiger partial charge in [0, 0.05) is 6.54 Å². The minimum Gasteiger partial charge on any atom is -0.371 e. The predicted molar refractivity (Wildman–Crippen MR) is 52.5 cm³/mol. The molecule has 1 aliphatic heterocycles. The van der Waals surface area contributed by atoms with Gasteiger partial charge in [0.05, 0.1) is 6.61 Å². The number of hydrogen-bond donors (Lipinski definition) is 0. The number of amides is 1. The van der Waals surface area contributed by atoms with Crippen LogP contribution in [0.2, 0.25) is 0 Å². The topological polar surface area (TPSA) is 42.1 Å². The van der Waals surface area contributed by atoms with E-state index >= 15 is 0 Å². The summed E-state index contributed by atoms with van der Waals surface area (Å²) in [5, 5.41) is 1.36. The van der Waals surface area contributed by atoms with Gasteiger partial charge in [-0.3, -0.25) is 9.63 Å². The number of carbonyl (C=O) groups excluding carboxylic acids is 1. The first-order valence-corrected chi connectivity index (χ1v) is 4.96.